The smallest absolute Gasteiger partial charge is 0.265 e. The van der Waals surface area contributed by atoms with Gasteiger partial charge in [-0.3, -0.25) is 5.41 Å². The Labute approximate surface area is 238 Å². The predicted octanol–water partition coefficient (Wildman–Crippen LogP) is 6.85. The average molecular weight is 579 g/mol. The summed E-state index contributed by atoms with van der Waals surface area (Å²) in [6, 6.07) is 29.4. The highest BCUT2D eigenvalue weighted by atomic mass is 35.6. The van der Waals surface area contributed by atoms with Crippen molar-refractivity contribution in [2.24, 2.45) is 0 Å². The lowest BCUT2D eigenvalue weighted by Gasteiger charge is -2.45. The SMILES string of the molecule is CC1O[C@@H](OC(=N)C(Cl)(Cl)Cl)C(OCc2ccccc2)C(OCc2ccccc2)[C@@H]1OCc1ccccc1. The molecule has 1 fully saturated rings. The Kier molecular flexibility index (Phi) is 10.4. The molecule has 1 N–H and O–H groups in total. The van der Waals surface area contributed by atoms with Crippen LogP contribution in [0.3, 0.4) is 0 Å². The van der Waals surface area contributed by atoms with Gasteiger partial charge in [0.05, 0.1) is 25.9 Å². The van der Waals surface area contributed by atoms with Crippen LogP contribution in [0, 0.1) is 5.41 Å². The fourth-order valence-corrected chi connectivity index (χ4v) is 4.28. The number of ether oxygens (including phenoxy) is 5. The standard InChI is InChI=1S/C29H30Cl3NO5/c1-20-24(34-17-21-11-5-2-6-12-21)25(35-18-22-13-7-3-8-14-22)26(36-19-23-15-9-4-10-16-23)27(37-20)38-28(33)29(30,31)32/h2-16,20,24-27,33H,17-19H2,1H3/t20?,24-,25?,26?,27+/m1/s1. The van der Waals surface area contributed by atoms with Gasteiger partial charge < -0.3 is 23.7 Å². The van der Waals surface area contributed by atoms with Gasteiger partial charge in [0.25, 0.3) is 3.79 Å². The van der Waals surface area contributed by atoms with Crippen LogP contribution < -0.4 is 0 Å². The summed E-state index contributed by atoms with van der Waals surface area (Å²) in [5.41, 5.74) is 2.95. The average Bonchev–Trinajstić information content (AvgIpc) is 2.92. The molecule has 0 aromatic heterocycles. The molecule has 0 spiro atoms. The lowest BCUT2D eigenvalue weighted by Crippen LogP contribution is -2.60. The van der Waals surface area contributed by atoms with E-state index >= 15 is 0 Å². The molecule has 202 valence electrons. The van der Waals surface area contributed by atoms with Crippen LogP contribution in [0.5, 0.6) is 0 Å². The van der Waals surface area contributed by atoms with E-state index in [1.807, 2.05) is 97.9 Å². The third kappa shape index (κ3) is 8.17. The fourth-order valence-electron chi connectivity index (χ4n) is 4.15. The molecule has 6 nitrogen and oxygen atoms in total. The van der Waals surface area contributed by atoms with Gasteiger partial charge in [-0.05, 0) is 23.6 Å². The van der Waals surface area contributed by atoms with E-state index in [4.69, 9.17) is 63.9 Å². The fraction of sp³-hybridized carbons (Fsp3) is 0.345. The van der Waals surface area contributed by atoms with Crippen LogP contribution in [0.1, 0.15) is 23.6 Å². The lowest BCUT2D eigenvalue weighted by molar-refractivity contribution is -0.304. The number of halogens is 3. The summed E-state index contributed by atoms with van der Waals surface area (Å²) < 4.78 is 29.0. The number of nitrogens with one attached hydrogen (secondary N) is 1. The van der Waals surface area contributed by atoms with Gasteiger partial charge in [0.15, 0.2) is 0 Å². The van der Waals surface area contributed by atoms with Crippen LogP contribution in [0.15, 0.2) is 91.0 Å². The van der Waals surface area contributed by atoms with Gasteiger partial charge in [0, 0.05) is 0 Å². The molecular formula is C29H30Cl3NO5. The van der Waals surface area contributed by atoms with Crippen LogP contribution in [-0.4, -0.2) is 40.4 Å². The number of alkyl halides is 3. The lowest BCUT2D eigenvalue weighted by atomic mass is 9.98. The molecule has 1 saturated heterocycles. The zero-order chi connectivity index (χ0) is 27.0. The zero-order valence-electron chi connectivity index (χ0n) is 20.8. The first-order chi connectivity index (χ1) is 18.3. The summed E-state index contributed by atoms with van der Waals surface area (Å²) in [5, 5.41) is 8.15. The Hall–Kier alpha value is -2.16. The quantitative estimate of drug-likeness (QED) is 0.162. The number of benzene rings is 3. The molecule has 3 unspecified atom stereocenters. The molecule has 5 atom stereocenters. The predicted molar refractivity (Wildman–Crippen MR) is 148 cm³/mol. The van der Waals surface area contributed by atoms with Gasteiger partial charge in [-0.15, -0.1) is 0 Å². The second-order valence-electron chi connectivity index (χ2n) is 8.94. The molecule has 0 saturated carbocycles. The highest BCUT2D eigenvalue weighted by Gasteiger charge is 2.49. The normalized spacial score (nSPS) is 23.6. The largest absolute Gasteiger partial charge is 0.445 e. The first kappa shape index (κ1) is 28.8. The molecular weight excluding hydrogens is 549 g/mol. The molecule has 0 aliphatic carbocycles. The summed E-state index contributed by atoms with van der Waals surface area (Å²) in [4.78, 5) is 0. The van der Waals surface area contributed by atoms with E-state index < -0.39 is 40.4 Å². The van der Waals surface area contributed by atoms with Crippen molar-refractivity contribution >= 4 is 40.7 Å². The molecule has 9 heteroatoms. The summed E-state index contributed by atoms with van der Waals surface area (Å²) in [6.07, 6.45) is -3.50. The van der Waals surface area contributed by atoms with Crippen molar-refractivity contribution in [2.75, 3.05) is 0 Å². The number of hydrogen-bond donors (Lipinski definition) is 1. The minimum absolute atomic E-state index is 0.251. The second-order valence-corrected chi connectivity index (χ2v) is 11.2. The van der Waals surface area contributed by atoms with E-state index in [0.717, 1.165) is 16.7 Å². The van der Waals surface area contributed by atoms with Gasteiger partial charge in [-0.1, -0.05) is 126 Å². The maximum absolute atomic E-state index is 8.15. The van der Waals surface area contributed by atoms with Crippen LogP contribution >= 0.6 is 34.8 Å². The molecule has 4 rings (SSSR count). The van der Waals surface area contributed by atoms with E-state index in [-0.39, 0.29) is 6.61 Å². The van der Waals surface area contributed by atoms with E-state index in [9.17, 15) is 0 Å². The molecule has 0 amide bonds. The van der Waals surface area contributed by atoms with Crippen LogP contribution in [-0.2, 0) is 43.5 Å². The van der Waals surface area contributed by atoms with Gasteiger partial charge in [0.2, 0.25) is 12.2 Å². The van der Waals surface area contributed by atoms with E-state index in [1.165, 1.54) is 0 Å². The molecule has 38 heavy (non-hydrogen) atoms. The van der Waals surface area contributed by atoms with Crippen molar-refractivity contribution in [1.29, 1.82) is 5.41 Å². The summed E-state index contributed by atoms with van der Waals surface area (Å²) >= 11 is 17.7. The summed E-state index contributed by atoms with van der Waals surface area (Å²) in [7, 11) is 0. The maximum atomic E-state index is 8.15. The third-order valence-corrected chi connectivity index (χ3v) is 6.59. The van der Waals surface area contributed by atoms with Gasteiger partial charge >= 0.3 is 0 Å². The summed E-state index contributed by atoms with van der Waals surface area (Å²) in [5.74, 6) is -0.571. The zero-order valence-corrected chi connectivity index (χ0v) is 23.1. The summed E-state index contributed by atoms with van der Waals surface area (Å²) in [6.45, 7) is 2.77. The molecule has 1 aliphatic heterocycles. The third-order valence-electron chi connectivity index (χ3n) is 6.07. The van der Waals surface area contributed by atoms with Crippen molar-refractivity contribution < 1.29 is 23.7 Å². The van der Waals surface area contributed by atoms with E-state index in [1.54, 1.807) is 0 Å². The Bertz CT molecular complexity index is 1130. The Balaban J connectivity index is 1.61. The maximum Gasteiger partial charge on any atom is 0.265 e. The molecule has 1 heterocycles. The van der Waals surface area contributed by atoms with Gasteiger partial charge in [-0.2, -0.15) is 0 Å². The Morgan fingerprint density at radius 3 is 1.50 bits per heavy atom. The Morgan fingerprint density at radius 2 is 1.08 bits per heavy atom. The highest BCUT2D eigenvalue weighted by Crippen LogP contribution is 2.34. The minimum Gasteiger partial charge on any atom is -0.445 e. The highest BCUT2D eigenvalue weighted by molar-refractivity contribution is 6.76. The van der Waals surface area contributed by atoms with Gasteiger partial charge in [0.1, 0.15) is 18.3 Å². The molecule has 0 radical (unpaired) electrons. The van der Waals surface area contributed by atoms with Crippen molar-refractivity contribution in [3.8, 4) is 0 Å². The van der Waals surface area contributed by atoms with Crippen molar-refractivity contribution in [2.45, 2.75) is 61.2 Å². The Morgan fingerprint density at radius 1 is 0.684 bits per heavy atom. The second kappa shape index (κ2) is 13.8. The van der Waals surface area contributed by atoms with Crippen LogP contribution in [0.2, 0.25) is 0 Å². The van der Waals surface area contributed by atoms with Crippen molar-refractivity contribution in [3.63, 3.8) is 0 Å². The van der Waals surface area contributed by atoms with E-state index in [2.05, 4.69) is 0 Å². The number of hydrogen-bond acceptors (Lipinski definition) is 6. The van der Waals surface area contributed by atoms with E-state index in [0.29, 0.717) is 13.2 Å². The van der Waals surface area contributed by atoms with Gasteiger partial charge in [-0.25, -0.2) is 0 Å². The number of rotatable bonds is 10. The molecule has 0 bridgehead atoms. The molecule has 3 aromatic carbocycles. The van der Waals surface area contributed by atoms with Crippen molar-refractivity contribution in [3.05, 3.63) is 108 Å². The topological polar surface area (TPSA) is 70.0 Å². The first-order valence-corrected chi connectivity index (χ1v) is 13.4. The van der Waals surface area contributed by atoms with Crippen LogP contribution in [0.4, 0.5) is 0 Å². The minimum atomic E-state index is -2.06. The molecule has 3 aromatic rings. The monoisotopic (exact) mass is 577 g/mol. The molecule has 1 aliphatic rings. The van der Waals surface area contributed by atoms with Crippen molar-refractivity contribution in [1.82, 2.24) is 0 Å². The first-order valence-electron chi connectivity index (χ1n) is 12.3. The van der Waals surface area contributed by atoms with Crippen LogP contribution in [0.25, 0.3) is 0 Å².